The topological polar surface area (TPSA) is 109 Å². The van der Waals surface area contributed by atoms with Crippen molar-refractivity contribution >= 4 is 11.7 Å². The van der Waals surface area contributed by atoms with Crippen LogP contribution < -0.4 is 9.47 Å². The Hall–Kier alpha value is -4.66. The molecule has 1 aromatic heterocycles. The number of methoxy groups -OCH3 is 2. The van der Waals surface area contributed by atoms with Crippen LogP contribution >= 0.6 is 0 Å². The van der Waals surface area contributed by atoms with Gasteiger partial charge in [0, 0.05) is 17.5 Å². The fourth-order valence-electron chi connectivity index (χ4n) is 8.37. The number of carbonyl (C=O) groups excluding carboxylic acids is 2. The number of allylic oxidation sites excluding steroid dienone is 2. The maximum Gasteiger partial charge on any atom is 0.228 e. The van der Waals surface area contributed by atoms with E-state index in [1.54, 1.807) is 37.3 Å². The van der Waals surface area contributed by atoms with E-state index < -0.39 is 17.1 Å². The molecule has 8 nitrogen and oxygen atoms in total. The van der Waals surface area contributed by atoms with Gasteiger partial charge in [0.15, 0.2) is 17.3 Å². The van der Waals surface area contributed by atoms with E-state index in [4.69, 9.17) is 13.9 Å². The molecule has 3 aliphatic carbocycles. The van der Waals surface area contributed by atoms with Gasteiger partial charge in [0.05, 0.1) is 45.2 Å². The first-order valence-corrected chi connectivity index (χ1v) is 18.3. The molecule has 3 aliphatic rings. The maximum absolute atomic E-state index is 14.3. The SMILES string of the molecule is COc1ccc(CC(=O)N(Cc2ccccc2)C[C@]2(O)CC[C@H]3c4ccc(cc4C(=O)c4ccco4)C[C@@H](O)CCC(C)=CCC[C@@]32C)cc1OC. The lowest BCUT2D eigenvalue weighted by Gasteiger charge is -2.46. The molecular weight excluding hydrogens is 654 g/mol. The zero-order chi connectivity index (χ0) is 36.9. The molecule has 4 aromatic rings. The summed E-state index contributed by atoms with van der Waals surface area (Å²) in [6.07, 6.45) is 7.60. The molecule has 8 heteroatoms. The fourth-order valence-corrected chi connectivity index (χ4v) is 8.37. The van der Waals surface area contributed by atoms with Gasteiger partial charge in [-0.15, -0.1) is 0 Å². The number of aliphatic hydroxyl groups excluding tert-OH is 1. The number of benzene rings is 3. The third kappa shape index (κ3) is 7.88. The van der Waals surface area contributed by atoms with E-state index in [-0.39, 0.29) is 36.3 Å². The van der Waals surface area contributed by atoms with E-state index in [1.807, 2.05) is 60.7 Å². The van der Waals surface area contributed by atoms with E-state index in [9.17, 15) is 19.8 Å². The van der Waals surface area contributed by atoms with Crippen LogP contribution in [-0.4, -0.2) is 59.3 Å². The van der Waals surface area contributed by atoms with Crippen LogP contribution in [0.25, 0.3) is 0 Å². The Morgan fingerprint density at radius 2 is 1.71 bits per heavy atom. The lowest BCUT2D eigenvalue weighted by Crippen LogP contribution is -2.53. The van der Waals surface area contributed by atoms with E-state index in [2.05, 4.69) is 19.9 Å². The van der Waals surface area contributed by atoms with Gasteiger partial charge in [-0.2, -0.15) is 0 Å². The van der Waals surface area contributed by atoms with Crippen molar-refractivity contribution in [3.05, 3.63) is 130 Å². The molecule has 7 rings (SSSR count). The number of hydrogen-bond acceptors (Lipinski definition) is 7. The van der Waals surface area contributed by atoms with Gasteiger partial charge in [0.1, 0.15) is 0 Å². The first-order valence-electron chi connectivity index (χ1n) is 18.3. The highest BCUT2D eigenvalue weighted by Crippen LogP contribution is 2.59. The number of fused-ring (bicyclic) bond motifs is 8. The summed E-state index contributed by atoms with van der Waals surface area (Å²) in [7, 11) is 3.16. The van der Waals surface area contributed by atoms with Crippen LogP contribution in [0.1, 0.15) is 96.7 Å². The average molecular weight is 706 g/mol. The van der Waals surface area contributed by atoms with Crippen molar-refractivity contribution in [1.29, 1.82) is 0 Å². The van der Waals surface area contributed by atoms with E-state index in [0.29, 0.717) is 55.7 Å². The molecule has 0 unspecified atom stereocenters. The van der Waals surface area contributed by atoms with Gasteiger partial charge in [0.2, 0.25) is 11.7 Å². The third-order valence-corrected chi connectivity index (χ3v) is 11.5. The van der Waals surface area contributed by atoms with Gasteiger partial charge in [-0.3, -0.25) is 9.59 Å². The lowest BCUT2D eigenvalue weighted by atomic mass is 9.64. The summed E-state index contributed by atoms with van der Waals surface area (Å²) in [5.41, 5.74) is 3.28. The van der Waals surface area contributed by atoms with Crippen LogP contribution in [0.5, 0.6) is 11.5 Å². The van der Waals surface area contributed by atoms with Gasteiger partial charge in [0.25, 0.3) is 0 Å². The molecule has 0 spiro atoms. The minimum atomic E-state index is -1.27. The van der Waals surface area contributed by atoms with Crippen molar-refractivity contribution in [2.24, 2.45) is 5.41 Å². The highest BCUT2D eigenvalue weighted by molar-refractivity contribution is 6.08. The Bertz CT molecular complexity index is 1880. The van der Waals surface area contributed by atoms with E-state index in [1.165, 1.54) is 11.8 Å². The van der Waals surface area contributed by atoms with Crippen molar-refractivity contribution in [3.63, 3.8) is 0 Å². The highest BCUT2D eigenvalue weighted by Gasteiger charge is 2.57. The lowest BCUT2D eigenvalue weighted by molar-refractivity contribution is -0.140. The molecule has 1 fully saturated rings. The second-order valence-electron chi connectivity index (χ2n) is 14.9. The maximum atomic E-state index is 14.3. The van der Waals surface area contributed by atoms with Crippen molar-refractivity contribution in [2.45, 2.75) is 89.4 Å². The van der Waals surface area contributed by atoms with E-state index >= 15 is 0 Å². The fraction of sp³-hybridized carbons (Fsp3) is 0.409. The normalized spacial score (nSPS) is 23.3. The predicted octanol–water partition coefficient (Wildman–Crippen LogP) is 7.84. The molecule has 3 aromatic carbocycles. The molecule has 52 heavy (non-hydrogen) atoms. The molecule has 4 atom stereocenters. The third-order valence-electron chi connectivity index (χ3n) is 11.5. The van der Waals surface area contributed by atoms with Gasteiger partial charge in [-0.05, 0) is 110 Å². The predicted molar refractivity (Wildman–Crippen MR) is 201 cm³/mol. The summed E-state index contributed by atoms with van der Waals surface area (Å²) in [5, 5.41) is 24.0. The summed E-state index contributed by atoms with van der Waals surface area (Å²) in [4.78, 5) is 30.2. The summed E-state index contributed by atoms with van der Waals surface area (Å²) >= 11 is 0. The van der Waals surface area contributed by atoms with Crippen LogP contribution in [0.2, 0.25) is 0 Å². The molecule has 0 saturated heterocycles. The molecular formula is C44H51NO7. The van der Waals surface area contributed by atoms with Gasteiger partial charge >= 0.3 is 0 Å². The standard InChI is InChI=1S/C44H51NO7/c1-30-10-8-21-43(2)37(35-18-15-32(24-34(46)17-14-30)25-36(35)42(48)39-13-9-23-52-39)20-22-44(43,49)29-45(28-31-11-6-5-7-12-31)41(47)27-33-16-19-38(50-3)40(26-33)51-4/h5-7,9-13,15-16,18-19,23,25-26,34,37,46,49H,8,14,17,20-22,24,27-29H2,1-4H3/t34-,37-,43-,44+/m0/s1. The Morgan fingerprint density at radius 3 is 2.44 bits per heavy atom. The second kappa shape index (κ2) is 15.9. The summed E-state index contributed by atoms with van der Waals surface area (Å²) in [6.45, 7) is 4.71. The van der Waals surface area contributed by atoms with Crippen LogP contribution in [0.15, 0.2) is 101 Å². The number of aliphatic hydroxyl groups is 2. The van der Waals surface area contributed by atoms with Crippen molar-refractivity contribution < 1.29 is 33.7 Å². The van der Waals surface area contributed by atoms with Crippen molar-refractivity contribution in [1.82, 2.24) is 4.90 Å². The number of furan rings is 1. The molecule has 1 heterocycles. The number of rotatable bonds is 10. The van der Waals surface area contributed by atoms with Crippen molar-refractivity contribution in [2.75, 3.05) is 20.8 Å². The number of amides is 1. The molecule has 0 aliphatic heterocycles. The first-order chi connectivity index (χ1) is 25.0. The zero-order valence-corrected chi connectivity index (χ0v) is 30.8. The smallest absolute Gasteiger partial charge is 0.228 e. The number of nitrogens with zero attached hydrogens (tertiary/aromatic N) is 1. The Kier molecular flexibility index (Phi) is 11.4. The zero-order valence-electron chi connectivity index (χ0n) is 30.8. The Morgan fingerprint density at radius 1 is 0.923 bits per heavy atom. The number of carbonyl (C=O) groups is 2. The number of hydrogen-bond donors (Lipinski definition) is 2. The first kappa shape index (κ1) is 37.1. The van der Waals surface area contributed by atoms with Gasteiger partial charge < -0.3 is 29.0 Å². The number of ketones is 1. The highest BCUT2D eigenvalue weighted by atomic mass is 16.5. The monoisotopic (exact) mass is 705 g/mol. The summed E-state index contributed by atoms with van der Waals surface area (Å²) in [5.74, 6) is 0.893. The molecule has 1 saturated carbocycles. The summed E-state index contributed by atoms with van der Waals surface area (Å²) < 4.78 is 16.5. The molecule has 274 valence electrons. The van der Waals surface area contributed by atoms with Crippen LogP contribution in [0.3, 0.4) is 0 Å². The minimum Gasteiger partial charge on any atom is -0.493 e. The number of ether oxygens (including phenoxy) is 2. The average Bonchev–Trinajstić information content (AvgIpc) is 3.77. The molecule has 2 N–H and O–H groups in total. The minimum absolute atomic E-state index is 0.107. The quantitative estimate of drug-likeness (QED) is 0.128. The van der Waals surface area contributed by atoms with Crippen molar-refractivity contribution in [3.8, 4) is 11.5 Å². The Balaban J connectivity index is 1.40. The molecule has 1 amide bonds. The Labute approximate surface area is 307 Å². The van der Waals surface area contributed by atoms with Crippen LogP contribution in [0, 0.1) is 5.41 Å². The van der Waals surface area contributed by atoms with E-state index in [0.717, 1.165) is 35.1 Å². The van der Waals surface area contributed by atoms with Crippen LogP contribution in [-0.2, 0) is 24.2 Å². The summed E-state index contributed by atoms with van der Waals surface area (Å²) in [6, 6.07) is 24.7. The van der Waals surface area contributed by atoms with Crippen LogP contribution in [0.4, 0.5) is 0 Å². The van der Waals surface area contributed by atoms with Gasteiger partial charge in [-0.25, -0.2) is 0 Å². The molecule has 2 bridgehead atoms. The second-order valence-corrected chi connectivity index (χ2v) is 14.9. The molecule has 0 radical (unpaired) electrons. The van der Waals surface area contributed by atoms with Gasteiger partial charge in [-0.1, -0.05) is 67.1 Å². The largest absolute Gasteiger partial charge is 0.493 e.